The van der Waals surface area contributed by atoms with Gasteiger partial charge in [-0.3, -0.25) is 14.3 Å². The molecular weight excluding hydrogens is 320 g/mol. The Morgan fingerprint density at radius 3 is 2.52 bits per heavy atom. The van der Waals surface area contributed by atoms with E-state index in [-0.39, 0.29) is 18.2 Å². The van der Waals surface area contributed by atoms with Gasteiger partial charge in [-0.1, -0.05) is 12.1 Å². The average molecular weight is 340 g/mol. The molecule has 0 unspecified atom stereocenters. The van der Waals surface area contributed by atoms with E-state index in [1.165, 1.54) is 0 Å². The van der Waals surface area contributed by atoms with Crippen molar-refractivity contribution in [2.75, 3.05) is 24.1 Å². The molecule has 2 rings (SSSR count). The van der Waals surface area contributed by atoms with Crippen LogP contribution in [-0.4, -0.2) is 49.6 Å². The summed E-state index contributed by atoms with van der Waals surface area (Å²) in [6.07, 6.45) is 2.17. The lowest BCUT2D eigenvalue weighted by Crippen LogP contribution is -2.40. The Morgan fingerprint density at radius 1 is 1.30 bits per heavy atom. The molecule has 23 heavy (non-hydrogen) atoms. The molecule has 1 saturated heterocycles. The van der Waals surface area contributed by atoms with Gasteiger partial charge in [-0.15, -0.1) is 0 Å². The molecule has 2 N–H and O–H groups in total. The van der Waals surface area contributed by atoms with Crippen molar-refractivity contribution in [2.45, 2.75) is 19.3 Å². The number of benzene rings is 1. The van der Waals surface area contributed by atoms with E-state index in [4.69, 9.17) is 5.11 Å². The summed E-state index contributed by atoms with van der Waals surface area (Å²) in [6.45, 7) is 0.883. The minimum atomic E-state index is -3.36. The zero-order valence-corrected chi connectivity index (χ0v) is 13.7. The van der Waals surface area contributed by atoms with Gasteiger partial charge in [-0.2, -0.15) is 0 Å². The quantitative estimate of drug-likeness (QED) is 0.830. The molecule has 1 fully saturated rings. The second-order valence-corrected chi connectivity index (χ2v) is 7.49. The molecule has 0 aliphatic carbocycles. The second kappa shape index (κ2) is 6.99. The van der Waals surface area contributed by atoms with Gasteiger partial charge in [0.05, 0.1) is 18.6 Å². The molecule has 0 radical (unpaired) electrons. The highest BCUT2D eigenvalue weighted by molar-refractivity contribution is 7.92. The molecule has 1 aliphatic rings. The molecule has 126 valence electrons. The van der Waals surface area contributed by atoms with Crippen LogP contribution in [-0.2, 0) is 26.0 Å². The fourth-order valence-electron chi connectivity index (χ4n) is 2.62. The fourth-order valence-corrected chi connectivity index (χ4v) is 3.18. The lowest BCUT2D eigenvalue weighted by molar-refractivity contribution is -0.145. The number of carboxylic acid groups (broad SMARTS) is 1. The highest BCUT2D eigenvalue weighted by Gasteiger charge is 2.26. The van der Waals surface area contributed by atoms with Crippen molar-refractivity contribution in [3.05, 3.63) is 29.8 Å². The summed E-state index contributed by atoms with van der Waals surface area (Å²) >= 11 is 0. The summed E-state index contributed by atoms with van der Waals surface area (Å²) in [5.41, 5.74) is 1.13. The molecule has 1 aromatic carbocycles. The number of carbonyl (C=O) groups is 2. The Bertz CT molecular complexity index is 694. The number of piperidine rings is 1. The number of nitrogens with zero attached hydrogens (tertiary/aromatic N) is 1. The number of anilines is 1. The van der Waals surface area contributed by atoms with Gasteiger partial charge in [-0.25, -0.2) is 8.42 Å². The zero-order chi connectivity index (χ0) is 17.0. The third-order valence-corrected chi connectivity index (χ3v) is 4.39. The first-order valence-electron chi connectivity index (χ1n) is 7.32. The Kier molecular flexibility index (Phi) is 5.25. The van der Waals surface area contributed by atoms with Crippen molar-refractivity contribution in [3.63, 3.8) is 0 Å². The average Bonchev–Trinajstić information content (AvgIpc) is 2.46. The molecule has 1 aliphatic heterocycles. The minimum Gasteiger partial charge on any atom is -0.481 e. The molecule has 1 aromatic rings. The maximum atomic E-state index is 12.3. The number of sulfonamides is 1. The minimum absolute atomic E-state index is 0.0784. The Hall–Kier alpha value is -2.09. The van der Waals surface area contributed by atoms with Crippen LogP contribution in [0.5, 0.6) is 0 Å². The van der Waals surface area contributed by atoms with E-state index in [1.807, 2.05) is 0 Å². The fraction of sp³-hybridized carbons (Fsp3) is 0.467. The maximum absolute atomic E-state index is 12.3. The van der Waals surface area contributed by atoms with Crippen molar-refractivity contribution in [1.82, 2.24) is 4.90 Å². The maximum Gasteiger partial charge on any atom is 0.306 e. The number of carbonyl (C=O) groups excluding carboxylic acids is 1. The molecule has 0 saturated carbocycles. The van der Waals surface area contributed by atoms with Crippen molar-refractivity contribution >= 4 is 27.6 Å². The molecule has 0 aromatic heterocycles. The van der Waals surface area contributed by atoms with Crippen molar-refractivity contribution < 1.29 is 23.1 Å². The summed E-state index contributed by atoms with van der Waals surface area (Å²) in [7, 11) is -3.36. The zero-order valence-electron chi connectivity index (χ0n) is 12.9. The van der Waals surface area contributed by atoms with Crippen molar-refractivity contribution in [3.8, 4) is 0 Å². The SMILES string of the molecule is CS(=O)(=O)Nc1cccc(CC(=O)N2CCC(C(=O)O)CC2)c1. The summed E-state index contributed by atoms with van der Waals surface area (Å²) < 4.78 is 24.8. The first kappa shape index (κ1) is 17.3. The van der Waals surface area contributed by atoms with Crippen molar-refractivity contribution in [2.24, 2.45) is 5.92 Å². The number of amides is 1. The van der Waals surface area contributed by atoms with E-state index >= 15 is 0 Å². The Balaban J connectivity index is 1.96. The van der Waals surface area contributed by atoms with E-state index in [2.05, 4.69) is 4.72 Å². The smallest absolute Gasteiger partial charge is 0.306 e. The first-order chi connectivity index (χ1) is 10.7. The first-order valence-corrected chi connectivity index (χ1v) is 9.21. The van der Waals surface area contributed by atoms with Gasteiger partial charge >= 0.3 is 5.97 Å². The van der Waals surface area contributed by atoms with Crippen LogP contribution in [0.1, 0.15) is 18.4 Å². The predicted octanol–water partition coefficient (Wildman–Crippen LogP) is 0.924. The molecule has 7 nitrogen and oxygen atoms in total. The van der Waals surface area contributed by atoms with Gasteiger partial charge in [0.25, 0.3) is 0 Å². The molecule has 0 bridgehead atoms. The topological polar surface area (TPSA) is 104 Å². The van der Waals surface area contributed by atoms with Gasteiger partial charge in [0, 0.05) is 18.8 Å². The Labute approximate surface area is 135 Å². The van der Waals surface area contributed by atoms with E-state index in [0.29, 0.717) is 37.2 Å². The van der Waals surface area contributed by atoms with E-state index in [9.17, 15) is 18.0 Å². The lowest BCUT2D eigenvalue weighted by Gasteiger charge is -2.30. The number of nitrogens with one attached hydrogen (secondary N) is 1. The van der Waals surface area contributed by atoms with Gasteiger partial charge in [0.1, 0.15) is 0 Å². The number of carboxylic acids is 1. The molecule has 1 heterocycles. The monoisotopic (exact) mass is 340 g/mol. The van der Waals surface area contributed by atoms with Gasteiger partial charge in [0.15, 0.2) is 0 Å². The van der Waals surface area contributed by atoms with Crippen LogP contribution in [0.2, 0.25) is 0 Å². The van der Waals surface area contributed by atoms with Crippen LogP contribution in [0, 0.1) is 5.92 Å². The standard InChI is InChI=1S/C15H20N2O5S/c1-23(21,22)16-13-4-2-3-11(9-13)10-14(18)17-7-5-12(6-8-17)15(19)20/h2-4,9,12,16H,5-8,10H2,1H3,(H,19,20). The predicted molar refractivity (Wildman–Crippen MR) is 85.6 cm³/mol. The van der Waals surface area contributed by atoms with Gasteiger partial charge in [0.2, 0.25) is 15.9 Å². The van der Waals surface area contributed by atoms with Gasteiger partial charge < -0.3 is 10.0 Å². The molecule has 0 spiro atoms. The van der Waals surface area contributed by atoms with Crippen LogP contribution in [0.4, 0.5) is 5.69 Å². The molecular formula is C15H20N2O5S. The number of hydrogen-bond donors (Lipinski definition) is 2. The van der Waals surface area contributed by atoms with E-state index < -0.39 is 16.0 Å². The van der Waals surface area contributed by atoms with Crippen LogP contribution in [0.15, 0.2) is 24.3 Å². The lowest BCUT2D eigenvalue weighted by atomic mass is 9.96. The number of aliphatic carboxylic acids is 1. The third-order valence-electron chi connectivity index (χ3n) is 3.78. The highest BCUT2D eigenvalue weighted by atomic mass is 32.2. The normalized spacial score (nSPS) is 16.1. The van der Waals surface area contributed by atoms with Crippen LogP contribution in [0.3, 0.4) is 0 Å². The number of rotatable bonds is 5. The number of hydrogen-bond acceptors (Lipinski definition) is 4. The van der Waals surface area contributed by atoms with E-state index in [0.717, 1.165) is 6.26 Å². The summed E-state index contributed by atoms with van der Waals surface area (Å²) in [5, 5.41) is 8.96. The van der Waals surface area contributed by atoms with Crippen molar-refractivity contribution in [1.29, 1.82) is 0 Å². The van der Waals surface area contributed by atoms with E-state index in [1.54, 1.807) is 29.2 Å². The van der Waals surface area contributed by atoms with Gasteiger partial charge in [-0.05, 0) is 30.5 Å². The second-order valence-electron chi connectivity index (χ2n) is 5.74. The summed E-state index contributed by atoms with van der Waals surface area (Å²) in [4.78, 5) is 24.9. The summed E-state index contributed by atoms with van der Waals surface area (Å²) in [5.74, 6) is -1.26. The molecule has 1 amide bonds. The summed E-state index contributed by atoms with van der Waals surface area (Å²) in [6, 6.07) is 6.69. The largest absolute Gasteiger partial charge is 0.481 e. The number of likely N-dealkylation sites (tertiary alicyclic amines) is 1. The highest BCUT2D eigenvalue weighted by Crippen LogP contribution is 2.19. The van der Waals surface area contributed by atoms with Crippen LogP contribution < -0.4 is 4.72 Å². The van der Waals surface area contributed by atoms with Crippen LogP contribution in [0.25, 0.3) is 0 Å². The van der Waals surface area contributed by atoms with Crippen LogP contribution >= 0.6 is 0 Å². The third kappa shape index (κ3) is 5.24. The molecule has 8 heteroatoms. The molecule has 0 atom stereocenters. The Morgan fingerprint density at radius 2 is 1.96 bits per heavy atom.